The second-order valence-corrected chi connectivity index (χ2v) is 7.01. The molecule has 0 bridgehead atoms. The SMILES string of the molecule is COc1cc(N2CCCCC2C)nc(NC(=S)NCC2CCCO2)n1. The van der Waals surface area contributed by atoms with E-state index >= 15 is 0 Å². The van der Waals surface area contributed by atoms with Crippen molar-refractivity contribution in [3.8, 4) is 5.88 Å². The van der Waals surface area contributed by atoms with Gasteiger partial charge in [0.25, 0.3) is 0 Å². The first-order chi connectivity index (χ1) is 12.2. The Balaban J connectivity index is 1.65. The van der Waals surface area contributed by atoms with Gasteiger partial charge in [-0.15, -0.1) is 0 Å². The third kappa shape index (κ3) is 4.92. The Morgan fingerprint density at radius 3 is 2.96 bits per heavy atom. The van der Waals surface area contributed by atoms with Crippen molar-refractivity contribution in [3.63, 3.8) is 0 Å². The van der Waals surface area contributed by atoms with E-state index < -0.39 is 0 Å². The summed E-state index contributed by atoms with van der Waals surface area (Å²) in [7, 11) is 1.61. The predicted octanol–water partition coefficient (Wildman–Crippen LogP) is 2.33. The molecule has 2 fully saturated rings. The van der Waals surface area contributed by atoms with E-state index in [9.17, 15) is 0 Å². The molecule has 8 heteroatoms. The fourth-order valence-corrected chi connectivity index (χ4v) is 3.49. The Hall–Kier alpha value is -1.67. The van der Waals surface area contributed by atoms with Gasteiger partial charge in [-0.3, -0.25) is 0 Å². The fraction of sp³-hybridized carbons (Fsp3) is 0.706. The van der Waals surface area contributed by atoms with Gasteiger partial charge in [-0.25, -0.2) is 0 Å². The topological polar surface area (TPSA) is 71.5 Å². The first kappa shape index (κ1) is 18.1. The van der Waals surface area contributed by atoms with Crippen LogP contribution in [0.4, 0.5) is 11.8 Å². The average molecular weight is 366 g/mol. The van der Waals surface area contributed by atoms with Gasteiger partial charge in [-0.1, -0.05) is 0 Å². The third-order valence-corrected chi connectivity index (χ3v) is 4.98. The number of hydrogen-bond acceptors (Lipinski definition) is 6. The Labute approximate surface area is 154 Å². The third-order valence-electron chi connectivity index (χ3n) is 4.74. The van der Waals surface area contributed by atoms with Crippen LogP contribution in [0, 0.1) is 0 Å². The normalized spacial score (nSPS) is 23.4. The van der Waals surface area contributed by atoms with E-state index in [0.29, 0.717) is 29.5 Å². The van der Waals surface area contributed by atoms with Gasteiger partial charge in [0.05, 0.1) is 13.2 Å². The summed E-state index contributed by atoms with van der Waals surface area (Å²) in [5, 5.41) is 6.75. The van der Waals surface area contributed by atoms with Crippen molar-refractivity contribution in [1.29, 1.82) is 0 Å². The molecule has 2 aliphatic heterocycles. The molecular weight excluding hydrogens is 338 g/mol. The lowest BCUT2D eigenvalue weighted by atomic mass is 10.0. The molecule has 2 aliphatic rings. The molecule has 0 radical (unpaired) electrons. The summed E-state index contributed by atoms with van der Waals surface area (Å²) in [5.74, 6) is 1.87. The predicted molar refractivity (Wildman–Crippen MR) is 102 cm³/mol. The van der Waals surface area contributed by atoms with Crippen molar-refractivity contribution in [1.82, 2.24) is 15.3 Å². The first-order valence-corrected chi connectivity index (χ1v) is 9.42. The number of methoxy groups -OCH3 is 1. The van der Waals surface area contributed by atoms with Gasteiger partial charge in [-0.05, 0) is 51.2 Å². The maximum atomic E-state index is 5.59. The lowest BCUT2D eigenvalue weighted by Crippen LogP contribution is -2.38. The van der Waals surface area contributed by atoms with Gasteiger partial charge in [0.15, 0.2) is 5.11 Å². The standard InChI is InChI=1S/C17H27N5O2S/c1-12-6-3-4-8-22(12)14-10-15(23-2)20-16(19-14)21-17(25)18-11-13-7-5-9-24-13/h10,12-13H,3-9,11H2,1-2H3,(H2,18,19,20,21,25). The second-order valence-electron chi connectivity index (χ2n) is 6.60. The maximum absolute atomic E-state index is 5.59. The van der Waals surface area contributed by atoms with E-state index in [4.69, 9.17) is 21.7 Å². The molecule has 7 nitrogen and oxygen atoms in total. The van der Waals surface area contributed by atoms with Crippen LogP contribution < -0.4 is 20.3 Å². The highest BCUT2D eigenvalue weighted by atomic mass is 32.1. The molecule has 0 saturated carbocycles. The van der Waals surface area contributed by atoms with E-state index in [-0.39, 0.29) is 6.10 Å². The zero-order valence-electron chi connectivity index (χ0n) is 15.0. The summed E-state index contributed by atoms with van der Waals surface area (Å²) in [5.41, 5.74) is 0. The quantitative estimate of drug-likeness (QED) is 0.771. The smallest absolute Gasteiger partial charge is 0.234 e. The van der Waals surface area contributed by atoms with Gasteiger partial charge in [0.1, 0.15) is 5.82 Å². The monoisotopic (exact) mass is 365 g/mol. The van der Waals surface area contributed by atoms with Crippen LogP contribution in [0.25, 0.3) is 0 Å². The molecule has 2 atom stereocenters. The molecule has 3 heterocycles. The molecule has 2 unspecified atom stereocenters. The van der Waals surface area contributed by atoms with E-state index in [2.05, 4.69) is 32.4 Å². The Kier molecular flexibility index (Phi) is 6.25. The molecule has 0 spiro atoms. The van der Waals surface area contributed by atoms with Gasteiger partial charge >= 0.3 is 0 Å². The summed E-state index contributed by atoms with van der Waals surface area (Å²) in [6.07, 6.45) is 6.04. The van der Waals surface area contributed by atoms with E-state index in [0.717, 1.165) is 31.8 Å². The van der Waals surface area contributed by atoms with Crippen molar-refractivity contribution in [2.24, 2.45) is 0 Å². The minimum absolute atomic E-state index is 0.232. The number of nitrogens with one attached hydrogen (secondary N) is 2. The number of ether oxygens (including phenoxy) is 2. The van der Waals surface area contributed by atoms with Crippen LogP contribution in [0.5, 0.6) is 5.88 Å². The molecule has 0 aliphatic carbocycles. The largest absolute Gasteiger partial charge is 0.481 e. The molecule has 2 N–H and O–H groups in total. The van der Waals surface area contributed by atoms with Crippen molar-refractivity contribution in [2.45, 2.75) is 51.2 Å². The number of aromatic nitrogens is 2. The molecule has 138 valence electrons. The van der Waals surface area contributed by atoms with Crippen molar-refractivity contribution < 1.29 is 9.47 Å². The van der Waals surface area contributed by atoms with Crippen LogP contribution in [0.3, 0.4) is 0 Å². The summed E-state index contributed by atoms with van der Waals surface area (Å²) in [6, 6.07) is 2.35. The molecule has 3 rings (SSSR count). The molecular formula is C17H27N5O2S. The molecule has 1 aromatic heterocycles. The number of nitrogens with zero attached hydrogens (tertiary/aromatic N) is 3. The van der Waals surface area contributed by atoms with Crippen LogP contribution in [0.1, 0.15) is 39.0 Å². The highest BCUT2D eigenvalue weighted by Crippen LogP contribution is 2.26. The minimum atomic E-state index is 0.232. The van der Waals surface area contributed by atoms with Gasteiger partial charge in [-0.2, -0.15) is 9.97 Å². The first-order valence-electron chi connectivity index (χ1n) is 9.02. The number of rotatable bonds is 5. The van der Waals surface area contributed by atoms with Crippen LogP contribution in [-0.4, -0.2) is 54.0 Å². The summed E-state index contributed by atoms with van der Waals surface area (Å²) in [6.45, 7) is 4.77. The second kappa shape index (κ2) is 8.62. The number of thiocarbonyl (C=S) groups is 1. The highest BCUT2D eigenvalue weighted by Gasteiger charge is 2.21. The highest BCUT2D eigenvalue weighted by molar-refractivity contribution is 7.80. The Morgan fingerprint density at radius 2 is 2.24 bits per heavy atom. The van der Waals surface area contributed by atoms with Gasteiger partial charge < -0.3 is 25.0 Å². The number of anilines is 2. The lowest BCUT2D eigenvalue weighted by Gasteiger charge is -2.34. The summed E-state index contributed by atoms with van der Waals surface area (Å²) in [4.78, 5) is 11.3. The van der Waals surface area contributed by atoms with Crippen LogP contribution in [0.2, 0.25) is 0 Å². The number of hydrogen-bond donors (Lipinski definition) is 2. The van der Waals surface area contributed by atoms with Crippen LogP contribution in [-0.2, 0) is 4.74 Å². The summed E-state index contributed by atoms with van der Waals surface area (Å²) < 4.78 is 10.9. The van der Waals surface area contributed by atoms with E-state index in [1.165, 1.54) is 19.3 Å². The molecule has 1 aromatic rings. The zero-order chi connectivity index (χ0) is 17.6. The van der Waals surface area contributed by atoms with Crippen molar-refractivity contribution >= 4 is 29.1 Å². The Morgan fingerprint density at radius 1 is 1.36 bits per heavy atom. The van der Waals surface area contributed by atoms with Crippen molar-refractivity contribution in [3.05, 3.63) is 6.07 Å². The Bertz CT molecular complexity index is 594. The molecule has 0 aromatic carbocycles. The maximum Gasteiger partial charge on any atom is 0.234 e. The summed E-state index contributed by atoms with van der Waals surface area (Å²) >= 11 is 5.36. The van der Waals surface area contributed by atoms with Gasteiger partial charge in [0, 0.05) is 31.8 Å². The van der Waals surface area contributed by atoms with E-state index in [1.807, 2.05) is 6.07 Å². The molecule has 2 saturated heterocycles. The minimum Gasteiger partial charge on any atom is -0.481 e. The zero-order valence-corrected chi connectivity index (χ0v) is 15.8. The van der Waals surface area contributed by atoms with Crippen LogP contribution >= 0.6 is 12.2 Å². The van der Waals surface area contributed by atoms with Crippen molar-refractivity contribution in [2.75, 3.05) is 37.0 Å². The van der Waals surface area contributed by atoms with Crippen LogP contribution in [0.15, 0.2) is 6.07 Å². The van der Waals surface area contributed by atoms with Gasteiger partial charge in [0.2, 0.25) is 11.8 Å². The fourth-order valence-electron chi connectivity index (χ4n) is 3.32. The average Bonchev–Trinajstić information content (AvgIpc) is 3.13. The number of piperidine rings is 1. The lowest BCUT2D eigenvalue weighted by molar-refractivity contribution is 0.114. The molecule has 25 heavy (non-hydrogen) atoms. The van der Waals surface area contributed by atoms with E-state index in [1.54, 1.807) is 7.11 Å². The molecule has 0 amide bonds.